The molecule has 1 unspecified atom stereocenters. The maximum atomic E-state index is 13.4. The van der Waals surface area contributed by atoms with Gasteiger partial charge in [0, 0.05) is 24.1 Å². The number of nitrogens with one attached hydrogen (secondary N) is 1. The molecule has 1 aliphatic heterocycles. The number of benzene rings is 2. The minimum absolute atomic E-state index is 0.0907. The Balaban J connectivity index is 1.57. The van der Waals surface area contributed by atoms with Gasteiger partial charge in [0.05, 0.1) is 35.5 Å². The Morgan fingerprint density at radius 1 is 1.17 bits per heavy atom. The van der Waals surface area contributed by atoms with Gasteiger partial charge in [-0.3, -0.25) is 4.79 Å². The summed E-state index contributed by atoms with van der Waals surface area (Å²) in [6, 6.07) is 19.5. The van der Waals surface area contributed by atoms with Gasteiger partial charge in [0.15, 0.2) is 5.65 Å². The van der Waals surface area contributed by atoms with E-state index in [4.69, 9.17) is 9.72 Å². The molecular formula is C24H22N4O2. The van der Waals surface area contributed by atoms with Gasteiger partial charge in [0.2, 0.25) is 0 Å². The van der Waals surface area contributed by atoms with Crippen molar-refractivity contribution in [1.82, 2.24) is 20.1 Å². The van der Waals surface area contributed by atoms with Gasteiger partial charge in [-0.15, -0.1) is 0 Å². The normalized spacial score (nSPS) is 15.4. The van der Waals surface area contributed by atoms with Crippen molar-refractivity contribution < 1.29 is 9.53 Å². The molecule has 0 fully saturated rings. The number of carbonyl (C=O) groups excluding carboxylic acids is 1. The predicted octanol–water partition coefficient (Wildman–Crippen LogP) is 4.37. The van der Waals surface area contributed by atoms with Crippen LogP contribution in [0.2, 0.25) is 0 Å². The number of para-hydroxylation sites is 1. The van der Waals surface area contributed by atoms with Crippen LogP contribution in [-0.4, -0.2) is 27.3 Å². The molecule has 1 atom stereocenters. The standard InChI is InChI=1S/C24H22N4O2/c1-2-28-23-19(15-25-28)18(14-21(26-23)16-8-4-3-5-9-16)24(29)27-20-12-13-30-22-11-7-6-10-17(20)22/h3-11,14-15,20H,2,12-13H2,1H3,(H,27,29). The largest absolute Gasteiger partial charge is 0.493 e. The lowest BCUT2D eigenvalue weighted by Crippen LogP contribution is -2.32. The van der Waals surface area contributed by atoms with Crippen LogP contribution in [-0.2, 0) is 6.54 Å². The molecule has 5 rings (SSSR count). The lowest BCUT2D eigenvalue weighted by Gasteiger charge is -2.26. The zero-order chi connectivity index (χ0) is 20.5. The van der Waals surface area contributed by atoms with E-state index in [-0.39, 0.29) is 11.9 Å². The molecule has 0 spiro atoms. The van der Waals surface area contributed by atoms with E-state index in [1.54, 1.807) is 6.20 Å². The molecule has 2 aromatic carbocycles. The fourth-order valence-corrected chi connectivity index (χ4v) is 3.95. The van der Waals surface area contributed by atoms with Crippen molar-refractivity contribution in [2.45, 2.75) is 25.9 Å². The van der Waals surface area contributed by atoms with Gasteiger partial charge in [-0.05, 0) is 19.1 Å². The second-order valence-electron chi connectivity index (χ2n) is 7.32. The first-order valence-corrected chi connectivity index (χ1v) is 10.2. The van der Waals surface area contributed by atoms with Crippen LogP contribution in [0.1, 0.15) is 35.3 Å². The number of aryl methyl sites for hydroxylation is 1. The third-order valence-corrected chi connectivity index (χ3v) is 5.49. The number of pyridine rings is 1. The first-order chi connectivity index (χ1) is 14.7. The Morgan fingerprint density at radius 3 is 2.80 bits per heavy atom. The van der Waals surface area contributed by atoms with E-state index in [9.17, 15) is 4.79 Å². The number of ether oxygens (including phenoxy) is 1. The van der Waals surface area contributed by atoms with E-state index in [0.29, 0.717) is 18.7 Å². The quantitative estimate of drug-likeness (QED) is 0.554. The van der Waals surface area contributed by atoms with E-state index in [1.807, 2.05) is 72.3 Å². The van der Waals surface area contributed by atoms with Gasteiger partial charge in [0.1, 0.15) is 5.75 Å². The molecule has 0 bridgehead atoms. The maximum absolute atomic E-state index is 13.4. The number of amides is 1. The maximum Gasteiger partial charge on any atom is 0.252 e. The van der Waals surface area contributed by atoms with Gasteiger partial charge in [0.25, 0.3) is 5.91 Å². The smallest absolute Gasteiger partial charge is 0.252 e. The average molecular weight is 398 g/mol. The summed E-state index contributed by atoms with van der Waals surface area (Å²) in [5, 5.41) is 8.39. The summed E-state index contributed by atoms with van der Waals surface area (Å²) >= 11 is 0. The van der Waals surface area contributed by atoms with Crippen LogP contribution in [0.15, 0.2) is 66.9 Å². The minimum atomic E-state index is -0.128. The van der Waals surface area contributed by atoms with Crippen LogP contribution in [0, 0.1) is 0 Å². The number of aromatic nitrogens is 3. The molecule has 0 saturated carbocycles. The third-order valence-electron chi connectivity index (χ3n) is 5.49. The molecular weight excluding hydrogens is 376 g/mol. The molecule has 0 radical (unpaired) electrons. The number of rotatable bonds is 4. The van der Waals surface area contributed by atoms with E-state index in [2.05, 4.69) is 10.4 Å². The summed E-state index contributed by atoms with van der Waals surface area (Å²) < 4.78 is 7.55. The van der Waals surface area contributed by atoms with Gasteiger partial charge in [-0.1, -0.05) is 48.5 Å². The van der Waals surface area contributed by atoms with Crippen molar-refractivity contribution in [3.63, 3.8) is 0 Å². The Kier molecular flexibility index (Phi) is 4.67. The first kappa shape index (κ1) is 18.4. The summed E-state index contributed by atoms with van der Waals surface area (Å²) in [7, 11) is 0. The molecule has 4 aromatic rings. The summed E-state index contributed by atoms with van der Waals surface area (Å²) in [6.07, 6.45) is 2.46. The highest BCUT2D eigenvalue weighted by atomic mass is 16.5. The summed E-state index contributed by atoms with van der Waals surface area (Å²) in [5.74, 6) is 0.703. The van der Waals surface area contributed by atoms with E-state index < -0.39 is 0 Å². The van der Waals surface area contributed by atoms with Crippen molar-refractivity contribution >= 4 is 16.9 Å². The fourth-order valence-electron chi connectivity index (χ4n) is 3.95. The van der Waals surface area contributed by atoms with Crippen LogP contribution in [0.25, 0.3) is 22.3 Å². The summed E-state index contributed by atoms with van der Waals surface area (Å²) in [5.41, 5.74) is 4.04. The van der Waals surface area contributed by atoms with Crippen molar-refractivity contribution in [3.8, 4) is 17.0 Å². The van der Waals surface area contributed by atoms with Crippen molar-refractivity contribution in [3.05, 3.63) is 78.0 Å². The number of hydrogen-bond acceptors (Lipinski definition) is 4. The Hall–Kier alpha value is -3.67. The molecule has 150 valence electrons. The predicted molar refractivity (Wildman–Crippen MR) is 115 cm³/mol. The van der Waals surface area contributed by atoms with Crippen molar-refractivity contribution in [2.75, 3.05) is 6.61 Å². The Morgan fingerprint density at radius 2 is 1.97 bits per heavy atom. The number of nitrogens with zero attached hydrogens (tertiary/aromatic N) is 3. The van der Waals surface area contributed by atoms with E-state index >= 15 is 0 Å². The second-order valence-corrected chi connectivity index (χ2v) is 7.32. The van der Waals surface area contributed by atoms with Crippen LogP contribution in [0.5, 0.6) is 5.75 Å². The Bertz CT molecular complexity index is 1220. The number of carbonyl (C=O) groups is 1. The SMILES string of the molecule is CCn1ncc2c(C(=O)NC3CCOc4ccccc43)cc(-c3ccccc3)nc21. The highest BCUT2D eigenvalue weighted by Gasteiger charge is 2.25. The van der Waals surface area contributed by atoms with Crippen LogP contribution in [0.3, 0.4) is 0 Å². The van der Waals surface area contributed by atoms with E-state index in [0.717, 1.165) is 40.0 Å². The lowest BCUT2D eigenvalue weighted by molar-refractivity contribution is 0.0926. The molecule has 1 aliphatic rings. The molecule has 1 N–H and O–H groups in total. The highest BCUT2D eigenvalue weighted by Crippen LogP contribution is 2.32. The number of fused-ring (bicyclic) bond motifs is 2. The zero-order valence-electron chi connectivity index (χ0n) is 16.7. The molecule has 0 saturated heterocycles. The highest BCUT2D eigenvalue weighted by molar-refractivity contribution is 6.06. The molecule has 3 heterocycles. The van der Waals surface area contributed by atoms with Crippen molar-refractivity contribution in [2.24, 2.45) is 0 Å². The van der Waals surface area contributed by atoms with Crippen LogP contribution in [0.4, 0.5) is 0 Å². The fraction of sp³-hybridized carbons (Fsp3) is 0.208. The van der Waals surface area contributed by atoms with Gasteiger partial charge < -0.3 is 10.1 Å². The van der Waals surface area contributed by atoms with Crippen molar-refractivity contribution in [1.29, 1.82) is 0 Å². The Labute approximate surface area is 174 Å². The molecule has 30 heavy (non-hydrogen) atoms. The van der Waals surface area contributed by atoms with Crippen LogP contribution >= 0.6 is 0 Å². The summed E-state index contributed by atoms with van der Waals surface area (Å²) in [6.45, 7) is 3.28. The molecule has 2 aromatic heterocycles. The van der Waals surface area contributed by atoms with Crippen LogP contribution < -0.4 is 10.1 Å². The second kappa shape index (κ2) is 7.63. The molecule has 6 heteroatoms. The monoisotopic (exact) mass is 398 g/mol. The van der Waals surface area contributed by atoms with Gasteiger partial charge in [-0.25, -0.2) is 9.67 Å². The third kappa shape index (κ3) is 3.20. The molecule has 0 aliphatic carbocycles. The molecule has 6 nitrogen and oxygen atoms in total. The first-order valence-electron chi connectivity index (χ1n) is 10.2. The average Bonchev–Trinajstić information content (AvgIpc) is 3.22. The van der Waals surface area contributed by atoms with Gasteiger partial charge >= 0.3 is 0 Å². The lowest BCUT2D eigenvalue weighted by atomic mass is 9.99. The van der Waals surface area contributed by atoms with E-state index in [1.165, 1.54) is 0 Å². The minimum Gasteiger partial charge on any atom is -0.493 e. The summed E-state index contributed by atoms with van der Waals surface area (Å²) in [4.78, 5) is 18.2. The van der Waals surface area contributed by atoms with Gasteiger partial charge in [-0.2, -0.15) is 5.10 Å². The molecule has 1 amide bonds. The number of hydrogen-bond donors (Lipinski definition) is 1. The topological polar surface area (TPSA) is 69.0 Å². The zero-order valence-corrected chi connectivity index (χ0v) is 16.7.